The van der Waals surface area contributed by atoms with Crippen LogP contribution >= 0.6 is 27.5 Å². The van der Waals surface area contributed by atoms with Crippen molar-refractivity contribution in [2.45, 2.75) is 0 Å². The van der Waals surface area contributed by atoms with Crippen LogP contribution in [0.15, 0.2) is 47.3 Å². The lowest BCUT2D eigenvalue weighted by Gasteiger charge is -2.13. The average Bonchev–Trinajstić information content (AvgIpc) is 3.03. The summed E-state index contributed by atoms with van der Waals surface area (Å²) in [5.74, 6) is 0. The number of aromatic nitrogens is 3. The minimum atomic E-state index is 0.503. The van der Waals surface area contributed by atoms with E-state index in [1.165, 1.54) is 6.33 Å². The largest absolute Gasteiger partial charge is 0.360 e. The molecule has 2 aromatic carbocycles. The molecule has 24 heavy (non-hydrogen) atoms. The molecule has 0 aliphatic carbocycles. The predicted octanol–water partition coefficient (Wildman–Crippen LogP) is 5.14. The second kappa shape index (κ2) is 5.78. The summed E-state index contributed by atoms with van der Waals surface area (Å²) < 4.78 is 0.814. The molecule has 2 heterocycles. The third-order valence-corrected chi connectivity index (χ3v) is 4.62. The highest BCUT2D eigenvalue weighted by Gasteiger charge is 2.12. The van der Waals surface area contributed by atoms with Gasteiger partial charge in [-0.25, -0.2) is 9.97 Å². The van der Waals surface area contributed by atoms with E-state index >= 15 is 0 Å². The summed E-state index contributed by atoms with van der Waals surface area (Å²) in [6, 6.07) is 11.5. The fourth-order valence-corrected chi connectivity index (χ4v) is 3.36. The average molecular weight is 399 g/mol. The number of hydrogen-bond donors (Lipinski definition) is 2. The third kappa shape index (κ3) is 2.48. The van der Waals surface area contributed by atoms with Crippen LogP contribution < -0.4 is 5.32 Å². The van der Waals surface area contributed by atoms with E-state index in [2.05, 4.69) is 42.3 Å². The first-order valence-electron chi connectivity index (χ1n) is 7.04. The molecule has 0 atom stereocenters. The molecule has 4 aromatic rings. The van der Waals surface area contributed by atoms with Crippen molar-refractivity contribution >= 4 is 60.8 Å². The van der Waals surface area contributed by atoms with Crippen LogP contribution in [0.3, 0.4) is 0 Å². The highest BCUT2D eigenvalue weighted by Crippen LogP contribution is 2.34. The number of halogens is 2. The van der Waals surface area contributed by atoms with Crippen LogP contribution in [0, 0.1) is 11.3 Å². The third-order valence-electron chi connectivity index (χ3n) is 3.73. The molecule has 2 aromatic heterocycles. The van der Waals surface area contributed by atoms with Gasteiger partial charge in [0.1, 0.15) is 12.4 Å². The molecule has 7 heteroatoms. The summed E-state index contributed by atoms with van der Waals surface area (Å²) in [6.07, 6.45) is 3.20. The first-order chi connectivity index (χ1) is 11.7. The Morgan fingerprint density at radius 3 is 2.71 bits per heavy atom. The van der Waals surface area contributed by atoms with Crippen LogP contribution in [0.4, 0.5) is 11.4 Å². The van der Waals surface area contributed by atoms with Crippen molar-refractivity contribution in [2.75, 3.05) is 5.32 Å². The molecule has 0 saturated heterocycles. The van der Waals surface area contributed by atoms with Gasteiger partial charge < -0.3 is 10.3 Å². The first kappa shape index (κ1) is 14.9. The highest BCUT2D eigenvalue weighted by molar-refractivity contribution is 9.10. The van der Waals surface area contributed by atoms with E-state index in [-0.39, 0.29) is 0 Å². The fraction of sp³-hybridized carbons (Fsp3) is 0. The van der Waals surface area contributed by atoms with Crippen molar-refractivity contribution in [1.29, 1.82) is 5.26 Å². The van der Waals surface area contributed by atoms with Crippen LogP contribution in [0.25, 0.3) is 21.9 Å². The molecule has 0 fully saturated rings. The van der Waals surface area contributed by atoms with Gasteiger partial charge in [0.05, 0.1) is 28.0 Å². The topological polar surface area (TPSA) is 77.4 Å². The Kier molecular flexibility index (Phi) is 3.60. The maximum absolute atomic E-state index is 9.47. The zero-order chi connectivity index (χ0) is 16.7. The van der Waals surface area contributed by atoms with Gasteiger partial charge >= 0.3 is 0 Å². The number of rotatable bonds is 2. The summed E-state index contributed by atoms with van der Waals surface area (Å²) in [7, 11) is 0. The molecule has 0 unspecified atom stereocenters. The minimum Gasteiger partial charge on any atom is -0.360 e. The Morgan fingerprint density at radius 2 is 1.96 bits per heavy atom. The number of pyridine rings is 1. The number of imidazole rings is 1. The van der Waals surface area contributed by atoms with Gasteiger partial charge in [0, 0.05) is 26.6 Å². The van der Waals surface area contributed by atoms with Gasteiger partial charge in [-0.05, 0) is 46.3 Å². The number of anilines is 2. The molecule has 4 rings (SSSR count). The predicted molar refractivity (Wildman–Crippen MR) is 98.5 cm³/mol. The number of H-pyrrole nitrogens is 1. The summed E-state index contributed by atoms with van der Waals surface area (Å²) in [4.78, 5) is 11.6. The number of benzene rings is 2. The van der Waals surface area contributed by atoms with E-state index in [1.54, 1.807) is 18.3 Å². The number of nitriles is 1. The smallest absolute Gasteiger partial charge is 0.116 e. The molecular formula is C17H9BrClN5. The fourth-order valence-electron chi connectivity index (χ4n) is 2.58. The molecule has 0 saturated carbocycles. The molecule has 0 aliphatic rings. The highest BCUT2D eigenvalue weighted by atomic mass is 79.9. The van der Waals surface area contributed by atoms with Gasteiger partial charge in [-0.3, -0.25) is 0 Å². The van der Waals surface area contributed by atoms with Crippen LogP contribution in [0.1, 0.15) is 5.56 Å². The van der Waals surface area contributed by atoms with Gasteiger partial charge in [0.25, 0.3) is 0 Å². The summed E-state index contributed by atoms with van der Waals surface area (Å²) in [6.45, 7) is 0. The van der Waals surface area contributed by atoms with Gasteiger partial charge in [0.2, 0.25) is 0 Å². The molecular weight excluding hydrogens is 390 g/mol. The van der Waals surface area contributed by atoms with Gasteiger partial charge in [-0.15, -0.1) is 0 Å². The maximum atomic E-state index is 9.47. The van der Waals surface area contributed by atoms with Gasteiger partial charge in [-0.1, -0.05) is 11.6 Å². The molecule has 0 bridgehead atoms. The van der Waals surface area contributed by atoms with Crippen molar-refractivity contribution in [2.24, 2.45) is 0 Å². The summed E-state index contributed by atoms with van der Waals surface area (Å²) in [5, 5.41) is 14.3. The van der Waals surface area contributed by atoms with Crippen molar-refractivity contribution in [3.05, 3.63) is 57.9 Å². The van der Waals surface area contributed by atoms with Crippen molar-refractivity contribution in [1.82, 2.24) is 15.0 Å². The summed E-state index contributed by atoms with van der Waals surface area (Å²) >= 11 is 9.48. The number of hydrogen-bond acceptors (Lipinski definition) is 4. The Bertz CT molecular complexity index is 1130. The Morgan fingerprint density at radius 1 is 1.17 bits per heavy atom. The SMILES string of the molecule is N#Cc1c[nH]c2cc3ncnc3cc2c1Nc1ccc(Cl)cc1Br. The normalized spacial score (nSPS) is 10.9. The quantitative estimate of drug-likeness (QED) is 0.490. The van der Waals surface area contributed by atoms with Gasteiger partial charge in [0.15, 0.2) is 0 Å². The van der Waals surface area contributed by atoms with Crippen molar-refractivity contribution in [3.63, 3.8) is 0 Å². The van der Waals surface area contributed by atoms with Crippen LogP contribution in [-0.2, 0) is 0 Å². The minimum absolute atomic E-state index is 0.503. The van der Waals surface area contributed by atoms with E-state index in [0.29, 0.717) is 16.3 Å². The van der Waals surface area contributed by atoms with Crippen LogP contribution in [-0.4, -0.2) is 15.0 Å². The van der Waals surface area contributed by atoms with Crippen molar-refractivity contribution in [3.8, 4) is 6.07 Å². The standard InChI is InChI=1S/C17H9BrClN5/c18-12-3-10(19)1-2-13(12)24-17-9(6-20)7-21-14-5-16-15(4-11(14)17)22-8-23-16/h1-5,7-8,21,24H. The van der Waals surface area contributed by atoms with Crippen molar-refractivity contribution < 1.29 is 0 Å². The molecule has 0 spiro atoms. The lowest BCUT2D eigenvalue weighted by atomic mass is 10.1. The lowest BCUT2D eigenvalue weighted by Crippen LogP contribution is -1.97. The van der Waals surface area contributed by atoms with E-state index < -0.39 is 0 Å². The molecule has 0 aliphatic heterocycles. The second-order valence-corrected chi connectivity index (χ2v) is 6.49. The molecule has 0 radical (unpaired) electrons. The Hall–Kier alpha value is -2.62. The lowest BCUT2D eigenvalue weighted by molar-refractivity contribution is 1.34. The molecule has 116 valence electrons. The number of nitrogens with zero attached hydrogens (tertiary/aromatic N) is 3. The second-order valence-electron chi connectivity index (χ2n) is 5.20. The number of aromatic amines is 1. The van der Waals surface area contributed by atoms with E-state index in [0.717, 1.165) is 32.1 Å². The number of fused-ring (bicyclic) bond motifs is 2. The monoisotopic (exact) mass is 397 g/mol. The Labute approximate surface area is 150 Å². The molecule has 5 nitrogen and oxygen atoms in total. The van der Waals surface area contributed by atoms with E-state index in [4.69, 9.17) is 11.6 Å². The first-order valence-corrected chi connectivity index (χ1v) is 8.21. The Balaban J connectivity index is 1.95. The van der Waals surface area contributed by atoms with Crippen LogP contribution in [0.5, 0.6) is 0 Å². The van der Waals surface area contributed by atoms with E-state index in [9.17, 15) is 5.26 Å². The zero-order valence-corrected chi connectivity index (χ0v) is 14.5. The van der Waals surface area contributed by atoms with Gasteiger partial charge in [-0.2, -0.15) is 5.26 Å². The number of nitrogens with one attached hydrogen (secondary N) is 2. The van der Waals surface area contributed by atoms with E-state index in [1.807, 2.05) is 18.2 Å². The van der Waals surface area contributed by atoms with Crippen LogP contribution in [0.2, 0.25) is 5.02 Å². The molecule has 2 N–H and O–H groups in total. The zero-order valence-electron chi connectivity index (χ0n) is 12.1. The molecule has 0 amide bonds. The summed E-state index contributed by atoms with van der Waals surface area (Å²) in [5.41, 5.74) is 4.49. The maximum Gasteiger partial charge on any atom is 0.116 e.